The van der Waals surface area contributed by atoms with Gasteiger partial charge in [0.15, 0.2) is 11.5 Å². The van der Waals surface area contributed by atoms with E-state index in [1.807, 2.05) is 0 Å². The maximum absolute atomic E-state index is 12.9. The normalized spacial score (nSPS) is 13.4. The fourth-order valence-corrected chi connectivity index (χ4v) is 3.07. The summed E-state index contributed by atoms with van der Waals surface area (Å²) < 4.78 is 15.8. The average Bonchev–Trinajstić information content (AvgIpc) is 3.24. The van der Waals surface area contributed by atoms with Crippen molar-refractivity contribution in [3.63, 3.8) is 0 Å². The second-order valence-electron chi connectivity index (χ2n) is 7.34. The van der Waals surface area contributed by atoms with Crippen LogP contribution in [0.25, 0.3) is 6.08 Å². The van der Waals surface area contributed by atoms with E-state index >= 15 is 0 Å². The number of benzene rings is 2. The largest absolute Gasteiger partial charge is 0.548 e. The first-order valence-electron chi connectivity index (χ1n) is 9.87. The smallest absolute Gasteiger partial charge is 0.268 e. The van der Waals surface area contributed by atoms with Crippen molar-refractivity contribution in [3.8, 4) is 17.2 Å². The van der Waals surface area contributed by atoms with Gasteiger partial charge in [-0.05, 0) is 41.8 Å². The summed E-state index contributed by atoms with van der Waals surface area (Å²) >= 11 is 0. The quantitative estimate of drug-likeness (QED) is 0.590. The number of carboxylic acid groups (broad SMARTS) is 1. The summed E-state index contributed by atoms with van der Waals surface area (Å²) in [7, 11) is 1.43. The van der Waals surface area contributed by atoms with Crippen LogP contribution >= 0.6 is 0 Å². The van der Waals surface area contributed by atoms with E-state index in [1.54, 1.807) is 56.3 Å². The molecule has 1 aliphatic heterocycles. The zero-order valence-corrected chi connectivity index (χ0v) is 17.8. The van der Waals surface area contributed by atoms with Gasteiger partial charge in [-0.1, -0.05) is 32.0 Å². The fourth-order valence-electron chi connectivity index (χ4n) is 3.07. The number of fused-ring (bicyclic) bond motifs is 1. The summed E-state index contributed by atoms with van der Waals surface area (Å²) in [5.41, 5.74) is 0.584. The van der Waals surface area contributed by atoms with Gasteiger partial charge in [0.05, 0.1) is 24.7 Å². The molecule has 3 rings (SSSR count). The van der Waals surface area contributed by atoms with Gasteiger partial charge in [0, 0.05) is 0 Å². The topological polar surface area (TPSA) is 126 Å². The lowest BCUT2D eigenvalue weighted by molar-refractivity contribution is -0.309. The summed E-state index contributed by atoms with van der Waals surface area (Å²) in [6, 6.07) is 10.3. The molecule has 2 N–H and O–H groups in total. The summed E-state index contributed by atoms with van der Waals surface area (Å²) in [4.78, 5) is 37.3. The number of aliphatic carboxylic acids is 1. The van der Waals surface area contributed by atoms with Gasteiger partial charge in [0.1, 0.15) is 11.4 Å². The number of ether oxygens (including phenoxy) is 3. The Hall–Kier alpha value is -4.01. The minimum Gasteiger partial charge on any atom is -0.548 e. The molecule has 1 aliphatic rings. The molecule has 0 spiro atoms. The van der Waals surface area contributed by atoms with Crippen molar-refractivity contribution in [1.29, 1.82) is 0 Å². The highest BCUT2D eigenvalue weighted by molar-refractivity contribution is 6.07. The first-order valence-corrected chi connectivity index (χ1v) is 9.87. The number of hydrogen-bond donors (Lipinski definition) is 2. The number of nitrogens with one attached hydrogen (secondary N) is 2. The maximum atomic E-state index is 12.9. The van der Waals surface area contributed by atoms with Crippen molar-refractivity contribution in [2.75, 3.05) is 13.9 Å². The van der Waals surface area contributed by atoms with Crippen LogP contribution < -0.4 is 30.0 Å². The first-order chi connectivity index (χ1) is 15.3. The van der Waals surface area contributed by atoms with E-state index in [1.165, 1.54) is 13.2 Å². The molecule has 168 valence electrons. The van der Waals surface area contributed by atoms with Crippen molar-refractivity contribution < 1.29 is 33.7 Å². The van der Waals surface area contributed by atoms with Crippen LogP contribution in [0.1, 0.15) is 29.8 Å². The minimum atomic E-state index is -1.42. The van der Waals surface area contributed by atoms with Gasteiger partial charge in [-0.15, -0.1) is 0 Å². The van der Waals surface area contributed by atoms with Crippen LogP contribution in [-0.4, -0.2) is 37.7 Å². The highest BCUT2D eigenvalue weighted by atomic mass is 16.7. The molecule has 0 saturated carbocycles. The van der Waals surface area contributed by atoms with Crippen molar-refractivity contribution >= 4 is 23.9 Å². The second kappa shape index (κ2) is 9.86. The van der Waals surface area contributed by atoms with Crippen LogP contribution in [0.5, 0.6) is 17.2 Å². The van der Waals surface area contributed by atoms with Crippen molar-refractivity contribution in [2.45, 2.75) is 19.9 Å². The highest BCUT2D eigenvalue weighted by Crippen LogP contribution is 2.33. The number of para-hydroxylation sites is 1. The van der Waals surface area contributed by atoms with E-state index in [0.29, 0.717) is 22.8 Å². The summed E-state index contributed by atoms with van der Waals surface area (Å²) in [5, 5.41) is 16.4. The zero-order chi connectivity index (χ0) is 23.3. The Morgan fingerprint density at radius 2 is 1.81 bits per heavy atom. The Kier molecular flexibility index (Phi) is 6.99. The maximum Gasteiger partial charge on any atom is 0.268 e. The molecule has 0 fully saturated rings. The second-order valence-corrected chi connectivity index (χ2v) is 7.34. The zero-order valence-electron chi connectivity index (χ0n) is 17.8. The van der Waals surface area contributed by atoms with Gasteiger partial charge in [-0.25, -0.2) is 0 Å². The van der Waals surface area contributed by atoms with Crippen LogP contribution in [0.4, 0.5) is 0 Å². The number of rotatable bonds is 8. The van der Waals surface area contributed by atoms with Gasteiger partial charge in [-0.2, -0.15) is 0 Å². The molecule has 1 atom stereocenters. The van der Waals surface area contributed by atoms with Gasteiger partial charge in [0.2, 0.25) is 6.79 Å². The molecule has 0 unspecified atom stereocenters. The Bertz CT molecular complexity index is 1060. The van der Waals surface area contributed by atoms with Gasteiger partial charge in [0.25, 0.3) is 11.8 Å². The van der Waals surface area contributed by atoms with Gasteiger partial charge < -0.3 is 34.7 Å². The number of carboxylic acids is 1. The lowest BCUT2D eigenvalue weighted by Gasteiger charge is -2.24. The molecule has 9 heteroatoms. The van der Waals surface area contributed by atoms with Crippen LogP contribution in [-0.2, 0) is 9.59 Å². The Morgan fingerprint density at radius 1 is 1.09 bits per heavy atom. The molecule has 2 aromatic rings. The molecule has 32 heavy (non-hydrogen) atoms. The molecule has 0 aliphatic carbocycles. The van der Waals surface area contributed by atoms with Crippen LogP contribution in [0, 0.1) is 5.92 Å². The SMILES string of the molecule is COc1ccccc1C(=O)N/C(=C\c1ccc2c(c1)OCO2)C(=O)N[C@@H](C(=O)[O-])C(C)C. The van der Waals surface area contributed by atoms with Gasteiger partial charge in [-0.3, -0.25) is 9.59 Å². The molecule has 1 heterocycles. The molecule has 2 amide bonds. The third-order valence-electron chi connectivity index (χ3n) is 4.76. The van der Waals surface area contributed by atoms with E-state index in [2.05, 4.69) is 10.6 Å². The molecular weight excluding hydrogens is 416 g/mol. The van der Waals surface area contributed by atoms with Crippen LogP contribution in [0.15, 0.2) is 48.2 Å². The highest BCUT2D eigenvalue weighted by Gasteiger charge is 2.23. The lowest BCUT2D eigenvalue weighted by Crippen LogP contribution is -2.52. The predicted octanol–water partition coefficient (Wildman–Crippen LogP) is 1.09. The Balaban J connectivity index is 1.94. The van der Waals surface area contributed by atoms with Crippen molar-refractivity contribution in [2.24, 2.45) is 5.92 Å². The Labute approximate surface area is 185 Å². The third kappa shape index (κ3) is 5.18. The van der Waals surface area contributed by atoms with E-state index < -0.39 is 29.7 Å². The van der Waals surface area contributed by atoms with E-state index in [9.17, 15) is 19.5 Å². The molecule has 9 nitrogen and oxygen atoms in total. The molecule has 0 radical (unpaired) electrons. The fraction of sp³-hybridized carbons (Fsp3) is 0.261. The number of methoxy groups -OCH3 is 1. The molecule has 0 bridgehead atoms. The van der Waals surface area contributed by atoms with E-state index in [0.717, 1.165) is 0 Å². The summed E-state index contributed by atoms with van der Waals surface area (Å²) in [6.45, 7) is 3.35. The van der Waals surface area contributed by atoms with Crippen molar-refractivity contribution in [3.05, 3.63) is 59.3 Å². The number of amides is 2. The lowest BCUT2D eigenvalue weighted by atomic mass is 10.0. The number of hydrogen-bond acceptors (Lipinski definition) is 7. The summed E-state index contributed by atoms with van der Waals surface area (Å²) in [5.74, 6) is -1.87. The Morgan fingerprint density at radius 3 is 2.50 bits per heavy atom. The first kappa shape index (κ1) is 22.7. The molecular formula is C23H23N2O7-. The number of carbonyl (C=O) groups is 3. The summed E-state index contributed by atoms with van der Waals surface area (Å²) in [6.07, 6.45) is 1.41. The number of carbonyl (C=O) groups excluding carboxylic acids is 3. The van der Waals surface area contributed by atoms with Gasteiger partial charge >= 0.3 is 0 Å². The van der Waals surface area contributed by atoms with E-state index in [-0.39, 0.29) is 18.1 Å². The average molecular weight is 439 g/mol. The van der Waals surface area contributed by atoms with Crippen LogP contribution in [0.2, 0.25) is 0 Å². The monoisotopic (exact) mass is 439 g/mol. The minimum absolute atomic E-state index is 0.0854. The molecule has 2 aromatic carbocycles. The van der Waals surface area contributed by atoms with Crippen LogP contribution in [0.3, 0.4) is 0 Å². The van der Waals surface area contributed by atoms with E-state index in [4.69, 9.17) is 14.2 Å². The predicted molar refractivity (Wildman–Crippen MR) is 113 cm³/mol. The third-order valence-corrected chi connectivity index (χ3v) is 4.76. The van der Waals surface area contributed by atoms with Crippen molar-refractivity contribution in [1.82, 2.24) is 10.6 Å². The molecule has 0 saturated heterocycles. The standard InChI is InChI=1S/C23H24N2O7/c1-13(2)20(23(28)29)25-22(27)16(10-14-8-9-18-19(11-14)32-12-31-18)24-21(26)15-6-4-5-7-17(15)30-3/h4-11,13,20H,12H2,1-3H3,(H,24,26)(H,25,27)(H,28,29)/p-1/b16-10-/t20-/m1/s1. The molecule has 0 aromatic heterocycles.